The van der Waals surface area contributed by atoms with Crippen molar-refractivity contribution in [1.82, 2.24) is 0 Å². The molecule has 5 nitrogen and oxygen atoms in total. The molecule has 0 spiro atoms. The molecule has 1 unspecified atom stereocenters. The third-order valence-corrected chi connectivity index (χ3v) is 9.99. The molecule has 0 amide bonds. The van der Waals surface area contributed by atoms with Gasteiger partial charge in [-0.15, -0.1) is 0 Å². The van der Waals surface area contributed by atoms with Crippen molar-refractivity contribution >= 4 is 11.9 Å². The average molecular weight is 843 g/mol. The van der Waals surface area contributed by atoms with Crippen molar-refractivity contribution in [3.63, 3.8) is 0 Å². The molecule has 1 N–H and O–H groups in total. The van der Waals surface area contributed by atoms with E-state index in [1.807, 2.05) is 0 Å². The number of allylic oxidation sites excluding steroid dienone is 20. The second kappa shape index (κ2) is 50.7. The van der Waals surface area contributed by atoms with Gasteiger partial charge in [-0.25, -0.2) is 0 Å². The number of unbranched alkanes of at least 4 members (excludes halogenated alkanes) is 15. The van der Waals surface area contributed by atoms with Gasteiger partial charge >= 0.3 is 11.9 Å². The van der Waals surface area contributed by atoms with Crippen molar-refractivity contribution in [2.45, 2.75) is 206 Å². The van der Waals surface area contributed by atoms with Gasteiger partial charge < -0.3 is 14.6 Å². The first kappa shape index (κ1) is 57.3. The number of aliphatic hydroxyl groups is 1. The van der Waals surface area contributed by atoms with Crippen LogP contribution in [0.25, 0.3) is 0 Å². The van der Waals surface area contributed by atoms with Gasteiger partial charge in [0.1, 0.15) is 6.61 Å². The molecule has 344 valence electrons. The SMILES string of the molecule is CC/C=C\C/C=C\C/C=C\C/C=C\C/C=C\C/C=C\C/C=C\C/C=C\C/C=C\CCCCCC(=O)OC(CO)COC(=O)CCCCCCC/C=C\CCCCCCCCC. The van der Waals surface area contributed by atoms with Gasteiger partial charge in [-0.05, 0) is 109 Å². The number of hydrogen-bond acceptors (Lipinski definition) is 5. The van der Waals surface area contributed by atoms with E-state index in [0.29, 0.717) is 12.8 Å². The van der Waals surface area contributed by atoms with E-state index in [4.69, 9.17) is 9.47 Å². The monoisotopic (exact) mass is 843 g/mol. The summed E-state index contributed by atoms with van der Waals surface area (Å²) in [5.41, 5.74) is 0. The summed E-state index contributed by atoms with van der Waals surface area (Å²) in [6.07, 6.45) is 74.2. The molecule has 0 saturated heterocycles. The maximum Gasteiger partial charge on any atom is 0.306 e. The maximum atomic E-state index is 12.2. The average Bonchev–Trinajstić information content (AvgIpc) is 3.26. The molecule has 1 atom stereocenters. The lowest BCUT2D eigenvalue weighted by atomic mass is 10.1. The lowest BCUT2D eigenvalue weighted by molar-refractivity contribution is -0.161. The van der Waals surface area contributed by atoms with Crippen molar-refractivity contribution in [1.29, 1.82) is 0 Å². The zero-order valence-electron chi connectivity index (χ0n) is 39.1. The minimum Gasteiger partial charge on any atom is -0.462 e. The molecular weight excluding hydrogens is 753 g/mol. The van der Waals surface area contributed by atoms with Crippen LogP contribution in [-0.2, 0) is 19.1 Å². The van der Waals surface area contributed by atoms with Gasteiger partial charge in [0.2, 0.25) is 0 Å². The van der Waals surface area contributed by atoms with Crippen LogP contribution in [0.5, 0.6) is 0 Å². The third-order valence-electron chi connectivity index (χ3n) is 9.99. The van der Waals surface area contributed by atoms with E-state index in [0.717, 1.165) is 109 Å². The van der Waals surface area contributed by atoms with Crippen LogP contribution in [0.3, 0.4) is 0 Å². The number of esters is 2. The summed E-state index contributed by atoms with van der Waals surface area (Å²) >= 11 is 0. The Balaban J connectivity index is 3.69. The number of ether oxygens (including phenoxy) is 2. The number of carbonyl (C=O) groups is 2. The molecule has 0 bridgehead atoms. The van der Waals surface area contributed by atoms with Crippen molar-refractivity contribution in [2.24, 2.45) is 0 Å². The summed E-state index contributed by atoms with van der Waals surface area (Å²) < 4.78 is 10.6. The first-order chi connectivity index (χ1) is 30.1. The summed E-state index contributed by atoms with van der Waals surface area (Å²) in [6.45, 7) is 3.98. The summed E-state index contributed by atoms with van der Waals surface area (Å²) in [7, 11) is 0. The van der Waals surface area contributed by atoms with Gasteiger partial charge in [0.05, 0.1) is 6.61 Å². The van der Waals surface area contributed by atoms with Crippen molar-refractivity contribution in [2.75, 3.05) is 13.2 Å². The van der Waals surface area contributed by atoms with Crippen LogP contribution in [0, 0.1) is 0 Å². The van der Waals surface area contributed by atoms with Crippen LogP contribution < -0.4 is 0 Å². The van der Waals surface area contributed by atoms with Gasteiger partial charge in [0.15, 0.2) is 6.10 Å². The Kier molecular flexibility index (Phi) is 47.6. The van der Waals surface area contributed by atoms with Gasteiger partial charge in [-0.3, -0.25) is 9.59 Å². The van der Waals surface area contributed by atoms with Crippen LogP contribution in [0.4, 0.5) is 0 Å². The normalized spacial score (nSPS) is 13.3. The highest BCUT2D eigenvalue weighted by molar-refractivity contribution is 5.70. The van der Waals surface area contributed by atoms with Crippen LogP contribution in [0.2, 0.25) is 0 Å². The fraction of sp³-hybridized carbons (Fsp3) is 0.607. The molecule has 0 aliphatic heterocycles. The molecule has 61 heavy (non-hydrogen) atoms. The second-order valence-corrected chi connectivity index (χ2v) is 15.8. The van der Waals surface area contributed by atoms with E-state index < -0.39 is 6.10 Å². The molecule has 0 rings (SSSR count). The molecule has 0 saturated carbocycles. The van der Waals surface area contributed by atoms with Gasteiger partial charge in [-0.1, -0.05) is 200 Å². The van der Waals surface area contributed by atoms with E-state index >= 15 is 0 Å². The Labute approximate surface area is 375 Å². The molecule has 0 fully saturated rings. The number of carbonyl (C=O) groups excluding carboxylic acids is 2. The smallest absolute Gasteiger partial charge is 0.306 e. The van der Waals surface area contributed by atoms with Crippen molar-refractivity contribution < 1.29 is 24.2 Å². The molecule has 0 heterocycles. The third kappa shape index (κ3) is 48.8. The largest absolute Gasteiger partial charge is 0.462 e. The first-order valence-electron chi connectivity index (χ1n) is 24.6. The van der Waals surface area contributed by atoms with E-state index in [9.17, 15) is 14.7 Å². The quantitative estimate of drug-likeness (QED) is 0.0376. The van der Waals surface area contributed by atoms with Gasteiger partial charge in [0, 0.05) is 12.8 Å². The summed E-state index contributed by atoms with van der Waals surface area (Å²) in [6, 6.07) is 0. The van der Waals surface area contributed by atoms with E-state index in [1.54, 1.807) is 0 Å². The van der Waals surface area contributed by atoms with Crippen LogP contribution in [-0.4, -0.2) is 36.4 Å². The predicted octanol–water partition coefficient (Wildman–Crippen LogP) is 16.3. The van der Waals surface area contributed by atoms with Crippen molar-refractivity contribution in [3.05, 3.63) is 122 Å². The van der Waals surface area contributed by atoms with E-state index in [2.05, 4.69) is 135 Å². The molecular formula is C56H90O5. The Morgan fingerprint density at radius 3 is 1.10 bits per heavy atom. The predicted molar refractivity (Wildman–Crippen MR) is 265 cm³/mol. The number of rotatable bonds is 43. The minimum absolute atomic E-state index is 0.0912. The Bertz CT molecular complexity index is 1270. The summed E-state index contributed by atoms with van der Waals surface area (Å²) in [4.78, 5) is 24.4. The number of hydrogen-bond donors (Lipinski definition) is 1. The van der Waals surface area contributed by atoms with Crippen LogP contribution in [0.1, 0.15) is 200 Å². The molecule has 5 heteroatoms. The maximum absolute atomic E-state index is 12.2. The highest BCUT2D eigenvalue weighted by atomic mass is 16.6. The Morgan fingerprint density at radius 2 is 0.705 bits per heavy atom. The fourth-order valence-electron chi connectivity index (χ4n) is 6.30. The Hall–Kier alpha value is -3.70. The fourth-order valence-corrected chi connectivity index (χ4v) is 6.30. The van der Waals surface area contributed by atoms with Crippen LogP contribution >= 0.6 is 0 Å². The molecule has 0 radical (unpaired) electrons. The standard InChI is InChI=1S/C56H90O5/c1-3-5-7-9-11-13-15-17-19-21-22-23-24-25-26-27-28-29-30-31-32-33-34-35-37-39-41-43-45-47-49-51-56(59)61-54(52-57)53-60-55(58)50-48-46-44-42-40-38-36-20-18-16-14-12-10-8-6-4-2/h5,7,11,13,17,19-20,22-23,25-26,28-29,31-32,34-36,39,41,54,57H,3-4,6,8-10,12,14-16,18,21,24,27,30,33,37-38,40,42-53H2,1-2H3/b7-5-,13-11-,19-17-,23-22-,26-25-,29-28-,32-31-,35-34-,36-20-,41-39-. The first-order valence-corrected chi connectivity index (χ1v) is 24.6. The summed E-state index contributed by atoms with van der Waals surface area (Å²) in [5, 5.41) is 9.60. The second-order valence-electron chi connectivity index (χ2n) is 15.8. The van der Waals surface area contributed by atoms with Gasteiger partial charge in [-0.2, -0.15) is 0 Å². The highest BCUT2D eigenvalue weighted by Crippen LogP contribution is 2.12. The van der Waals surface area contributed by atoms with E-state index in [1.165, 1.54) is 64.2 Å². The molecule has 0 aliphatic rings. The molecule has 0 aliphatic carbocycles. The molecule has 0 aromatic rings. The van der Waals surface area contributed by atoms with Gasteiger partial charge in [0.25, 0.3) is 0 Å². The lowest BCUT2D eigenvalue weighted by Gasteiger charge is -2.15. The zero-order chi connectivity index (χ0) is 44.2. The highest BCUT2D eigenvalue weighted by Gasteiger charge is 2.16. The van der Waals surface area contributed by atoms with Crippen molar-refractivity contribution in [3.8, 4) is 0 Å². The number of aliphatic hydroxyl groups excluding tert-OH is 1. The summed E-state index contributed by atoms with van der Waals surface area (Å²) in [5.74, 6) is -0.648. The topological polar surface area (TPSA) is 72.8 Å². The molecule has 0 aromatic heterocycles. The minimum atomic E-state index is -0.802. The Morgan fingerprint density at radius 1 is 0.393 bits per heavy atom. The lowest BCUT2D eigenvalue weighted by Crippen LogP contribution is -2.28. The van der Waals surface area contributed by atoms with Crippen LogP contribution in [0.15, 0.2) is 122 Å². The van der Waals surface area contributed by atoms with E-state index in [-0.39, 0.29) is 25.2 Å². The molecule has 0 aromatic carbocycles. The zero-order valence-corrected chi connectivity index (χ0v) is 39.1.